The molecule has 1 unspecified atom stereocenters. The van der Waals surface area contributed by atoms with Crippen molar-refractivity contribution in [2.24, 2.45) is 0 Å². The summed E-state index contributed by atoms with van der Waals surface area (Å²) in [4.78, 5) is 23.3. The Labute approximate surface area is 123 Å². The van der Waals surface area contributed by atoms with Crippen molar-refractivity contribution in [1.82, 2.24) is 9.57 Å². The van der Waals surface area contributed by atoms with Gasteiger partial charge in [-0.05, 0) is 26.2 Å². The molecule has 0 aliphatic carbocycles. The van der Waals surface area contributed by atoms with Crippen LogP contribution >= 0.6 is 7.52 Å². The lowest BCUT2D eigenvalue weighted by Crippen LogP contribution is -2.33. The number of benzene rings is 1. The smallest absolute Gasteiger partial charge is 0.337 e. The first-order valence-electron chi connectivity index (χ1n) is 6.19. The lowest BCUT2D eigenvalue weighted by molar-refractivity contribution is -0.143. The Balaban J connectivity index is 2.87. The SMILES string of the molecule is COC(=O)CN(C=O)CP(=O)(Oc1ccccc1)N(C)C. The van der Waals surface area contributed by atoms with Gasteiger partial charge in [0, 0.05) is 0 Å². The first kappa shape index (κ1) is 17.2. The number of ether oxygens (including phenoxy) is 1. The predicted octanol–water partition coefficient (Wildman–Crippen LogP) is 1.41. The highest BCUT2D eigenvalue weighted by atomic mass is 31.2. The Morgan fingerprint density at radius 3 is 2.38 bits per heavy atom. The van der Waals surface area contributed by atoms with Crippen LogP contribution in [0.5, 0.6) is 5.75 Å². The van der Waals surface area contributed by atoms with Crippen molar-refractivity contribution >= 4 is 19.9 Å². The van der Waals surface area contributed by atoms with Crippen molar-refractivity contribution in [1.29, 1.82) is 0 Å². The first-order chi connectivity index (χ1) is 9.91. The number of rotatable bonds is 8. The number of carbonyl (C=O) groups is 2. The number of hydrogen-bond donors (Lipinski definition) is 0. The third-order valence-corrected chi connectivity index (χ3v) is 5.11. The van der Waals surface area contributed by atoms with Crippen LogP contribution in [0, 0.1) is 0 Å². The Kier molecular flexibility index (Phi) is 6.39. The lowest BCUT2D eigenvalue weighted by atomic mass is 10.3. The minimum absolute atomic E-state index is 0.215. The highest BCUT2D eigenvalue weighted by Crippen LogP contribution is 2.49. The summed E-state index contributed by atoms with van der Waals surface area (Å²) in [6.07, 6.45) is 0.231. The number of carbonyl (C=O) groups excluding carboxylic acids is 2. The number of para-hydroxylation sites is 1. The van der Waals surface area contributed by atoms with Crippen molar-refractivity contribution in [2.45, 2.75) is 0 Å². The van der Waals surface area contributed by atoms with Crippen molar-refractivity contribution < 1.29 is 23.4 Å². The molecule has 1 rings (SSSR count). The molecule has 1 aromatic rings. The molecule has 0 aliphatic heterocycles. The van der Waals surface area contributed by atoms with E-state index in [0.29, 0.717) is 12.2 Å². The summed E-state index contributed by atoms with van der Waals surface area (Å²) in [7, 11) is 1.06. The zero-order valence-corrected chi connectivity index (χ0v) is 13.2. The average molecular weight is 314 g/mol. The molecular weight excluding hydrogens is 295 g/mol. The van der Waals surface area contributed by atoms with E-state index in [1.165, 1.54) is 11.8 Å². The summed E-state index contributed by atoms with van der Waals surface area (Å²) in [6.45, 7) is -0.282. The fourth-order valence-electron chi connectivity index (χ4n) is 1.46. The molecule has 1 aromatic carbocycles. The average Bonchev–Trinajstić information content (AvgIpc) is 2.47. The third-order valence-electron chi connectivity index (χ3n) is 2.67. The summed E-state index contributed by atoms with van der Waals surface area (Å²) in [5.41, 5.74) is 0. The van der Waals surface area contributed by atoms with Crippen LogP contribution in [0.2, 0.25) is 0 Å². The molecule has 8 heteroatoms. The standard InChI is InChI=1S/C13H19N2O5P/c1-14(2)21(18,20-12-7-5-4-6-8-12)11-15(10-16)9-13(17)19-3/h4-8,10H,9,11H2,1-3H3. The van der Waals surface area contributed by atoms with Crippen LogP contribution in [-0.2, 0) is 18.9 Å². The van der Waals surface area contributed by atoms with E-state index in [4.69, 9.17) is 4.52 Å². The van der Waals surface area contributed by atoms with Crippen molar-refractivity contribution in [3.05, 3.63) is 30.3 Å². The quantitative estimate of drug-likeness (QED) is 0.410. The van der Waals surface area contributed by atoms with Crippen LogP contribution in [0.4, 0.5) is 0 Å². The Morgan fingerprint density at radius 1 is 1.29 bits per heavy atom. The minimum atomic E-state index is -3.33. The molecule has 0 spiro atoms. The van der Waals surface area contributed by atoms with Gasteiger partial charge >= 0.3 is 13.5 Å². The summed E-state index contributed by atoms with van der Waals surface area (Å²) < 4.78 is 24.3. The number of hydrogen-bond acceptors (Lipinski definition) is 5. The second-order valence-electron chi connectivity index (χ2n) is 4.46. The maximum Gasteiger partial charge on any atom is 0.337 e. The van der Waals surface area contributed by atoms with E-state index in [1.54, 1.807) is 38.4 Å². The summed E-state index contributed by atoms with van der Waals surface area (Å²) in [5.74, 6) is -0.162. The molecule has 0 saturated carbocycles. The lowest BCUT2D eigenvalue weighted by Gasteiger charge is -2.28. The normalized spacial score (nSPS) is 13.3. The van der Waals surface area contributed by atoms with Crippen LogP contribution in [0.3, 0.4) is 0 Å². The first-order valence-corrected chi connectivity index (χ1v) is 7.95. The fourth-order valence-corrected chi connectivity index (χ4v) is 3.01. The van der Waals surface area contributed by atoms with Crippen molar-refractivity contribution in [3.63, 3.8) is 0 Å². The van der Waals surface area contributed by atoms with Gasteiger partial charge in [0.1, 0.15) is 18.6 Å². The molecule has 0 bridgehead atoms. The Hall–Kier alpha value is -1.85. The zero-order valence-electron chi connectivity index (χ0n) is 12.3. The molecule has 0 saturated heterocycles. The highest BCUT2D eigenvalue weighted by Gasteiger charge is 2.31. The van der Waals surface area contributed by atoms with Crippen LogP contribution in [-0.4, -0.2) is 56.0 Å². The van der Waals surface area contributed by atoms with Gasteiger partial charge in [0.15, 0.2) is 0 Å². The van der Waals surface area contributed by atoms with Crippen molar-refractivity contribution in [3.8, 4) is 5.75 Å². The Bertz CT molecular complexity index is 521. The van der Waals surface area contributed by atoms with Crippen LogP contribution in [0.25, 0.3) is 0 Å². The molecule has 0 heterocycles. The van der Waals surface area contributed by atoms with Gasteiger partial charge in [-0.2, -0.15) is 0 Å². The van der Waals surface area contributed by atoms with Crippen LogP contribution < -0.4 is 4.52 Å². The van der Waals surface area contributed by atoms with E-state index in [0.717, 1.165) is 4.90 Å². The maximum atomic E-state index is 12.9. The fraction of sp³-hybridized carbons (Fsp3) is 0.385. The second-order valence-corrected chi connectivity index (χ2v) is 7.00. The molecule has 0 radical (unpaired) electrons. The van der Waals surface area contributed by atoms with Gasteiger partial charge in [-0.1, -0.05) is 18.2 Å². The van der Waals surface area contributed by atoms with Gasteiger partial charge in [-0.3, -0.25) is 14.2 Å². The molecule has 7 nitrogen and oxygen atoms in total. The molecule has 1 atom stereocenters. The van der Waals surface area contributed by atoms with Gasteiger partial charge < -0.3 is 14.2 Å². The summed E-state index contributed by atoms with van der Waals surface area (Å²) in [6, 6.07) is 8.65. The Morgan fingerprint density at radius 2 is 1.90 bits per heavy atom. The second kappa shape index (κ2) is 7.81. The van der Waals surface area contributed by atoms with Gasteiger partial charge in [0.05, 0.1) is 7.11 Å². The van der Waals surface area contributed by atoms with E-state index in [1.807, 2.05) is 6.07 Å². The van der Waals surface area contributed by atoms with Gasteiger partial charge in [0.2, 0.25) is 6.41 Å². The van der Waals surface area contributed by atoms with E-state index in [9.17, 15) is 14.2 Å². The van der Waals surface area contributed by atoms with Gasteiger partial charge in [-0.25, -0.2) is 4.67 Å². The number of esters is 1. The maximum absolute atomic E-state index is 12.9. The van der Waals surface area contributed by atoms with Crippen molar-refractivity contribution in [2.75, 3.05) is 34.0 Å². The highest BCUT2D eigenvalue weighted by molar-refractivity contribution is 7.56. The van der Waals surface area contributed by atoms with E-state index >= 15 is 0 Å². The molecule has 1 amide bonds. The number of methoxy groups -OCH3 is 1. The predicted molar refractivity (Wildman–Crippen MR) is 78.0 cm³/mol. The minimum Gasteiger partial charge on any atom is -0.468 e. The molecule has 0 aliphatic rings. The zero-order chi connectivity index (χ0) is 15.9. The summed E-state index contributed by atoms with van der Waals surface area (Å²) >= 11 is 0. The van der Waals surface area contributed by atoms with Gasteiger partial charge in [0.25, 0.3) is 0 Å². The van der Waals surface area contributed by atoms with E-state index < -0.39 is 13.5 Å². The summed E-state index contributed by atoms with van der Waals surface area (Å²) in [5, 5.41) is 0. The third kappa shape index (κ3) is 5.21. The molecule has 0 fully saturated rings. The van der Waals surface area contributed by atoms with Gasteiger partial charge in [-0.15, -0.1) is 0 Å². The molecular formula is C13H19N2O5P. The monoisotopic (exact) mass is 314 g/mol. The molecule has 0 aromatic heterocycles. The largest absolute Gasteiger partial charge is 0.468 e. The van der Waals surface area contributed by atoms with Crippen LogP contribution in [0.15, 0.2) is 30.3 Å². The molecule has 116 valence electrons. The molecule has 0 N–H and O–H groups in total. The topological polar surface area (TPSA) is 76.1 Å². The van der Waals surface area contributed by atoms with Crippen LogP contribution in [0.1, 0.15) is 0 Å². The number of amides is 1. The van der Waals surface area contributed by atoms with E-state index in [-0.39, 0.29) is 12.8 Å². The van der Waals surface area contributed by atoms with E-state index in [2.05, 4.69) is 4.74 Å². The number of nitrogens with zero attached hydrogens (tertiary/aromatic N) is 2. The molecule has 21 heavy (non-hydrogen) atoms.